The molecule has 9 heteroatoms. The summed E-state index contributed by atoms with van der Waals surface area (Å²) in [6, 6.07) is 13.9. The van der Waals surface area contributed by atoms with Gasteiger partial charge in [-0.25, -0.2) is 5.01 Å². The van der Waals surface area contributed by atoms with Crippen LogP contribution in [-0.2, 0) is 0 Å². The van der Waals surface area contributed by atoms with Gasteiger partial charge in [0.15, 0.2) is 33.4 Å². The maximum atomic E-state index is 13.4. The van der Waals surface area contributed by atoms with Crippen LogP contribution in [0.3, 0.4) is 0 Å². The third-order valence-electron chi connectivity index (χ3n) is 5.41. The van der Waals surface area contributed by atoms with Crippen molar-refractivity contribution in [3.05, 3.63) is 70.1 Å². The maximum absolute atomic E-state index is 13.4. The van der Waals surface area contributed by atoms with Gasteiger partial charge in [0.05, 0.1) is 40.2 Å². The van der Waals surface area contributed by atoms with Gasteiger partial charge in [0.2, 0.25) is 0 Å². The predicted molar refractivity (Wildman–Crippen MR) is 126 cm³/mol. The molecule has 1 amide bonds. The molecule has 2 aromatic carbocycles. The highest BCUT2D eigenvalue weighted by Gasteiger charge is 2.37. The zero-order chi connectivity index (χ0) is 23.5. The molecule has 1 atom stereocenters. The average Bonchev–Trinajstić information content (AvgIpc) is 3.49. The number of carbonyl (C=O) groups is 1. The molecule has 0 bridgehead atoms. The molecule has 3 aromatic rings. The van der Waals surface area contributed by atoms with Crippen LogP contribution < -0.4 is 18.9 Å². The van der Waals surface area contributed by atoms with Gasteiger partial charge in [-0.1, -0.05) is 12.1 Å². The molecule has 4 rings (SSSR count). The summed E-state index contributed by atoms with van der Waals surface area (Å²) in [5.74, 6) is 2.11. The van der Waals surface area contributed by atoms with Crippen LogP contribution >= 0.6 is 15.9 Å². The first-order valence-corrected chi connectivity index (χ1v) is 10.9. The Morgan fingerprint density at radius 3 is 2.36 bits per heavy atom. The summed E-state index contributed by atoms with van der Waals surface area (Å²) in [4.78, 5) is 13.4. The van der Waals surface area contributed by atoms with Gasteiger partial charge in [0, 0.05) is 17.5 Å². The van der Waals surface area contributed by atoms with Crippen LogP contribution in [0.15, 0.2) is 62.7 Å². The second-order valence-corrected chi connectivity index (χ2v) is 7.95. The number of methoxy groups -OCH3 is 4. The van der Waals surface area contributed by atoms with Crippen molar-refractivity contribution < 1.29 is 28.2 Å². The number of nitrogens with zero attached hydrogens (tertiary/aromatic N) is 2. The van der Waals surface area contributed by atoms with Crippen molar-refractivity contribution in [2.24, 2.45) is 5.10 Å². The van der Waals surface area contributed by atoms with E-state index in [4.69, 9.17) is 28.5 Å². The van der Waals surface area contributed by atoms with Crippen LogP contribution in [0.4, 0.5) is 0 Å². The molecule has 172 valence electrons. The first-order valence-electron chi connectivity index (χ1n) is 10.1. The molecular formula is C24H23BrN2O6. The number of hydrogen-bond acceptors (Lipinski definition) is 7. The Labute approximate surface area is 199 Å². The van der Waals surface area contributed by atoms with Gasteiger partial charge in [0.1, 0.15) is 0 Å². The van der Waals surface area contributed by atoms with E-state index in [2.05, 4.69) is 15.9 Å². The first-order chi connectivity index (χ1) is 16.0. The van der Waals surface area contributed by atoms with Crippen molar-refractivity contribution in [2.75, 3.05) is 28.4 Å². The number of amides is 1. The molecule has 0 aliphatic carbocycles. The van der Waals surface area contributed by atoms with Gasteiger partial charge in [-0.2, -0.15) is 5.10 Å². The molecular weight excluding hydrogens is 492 g/mol. The normalized spacial score (nSPS) is 15.2. The number of para-hydroxylation sites is 1. The number of ether oxygens (including phenoxy) is 4. The van der Waals surface area contributed by atoms with Crippen molar-refractivity contribution in [1.82, 2.24) is 5.01 Å². The maximum Gasteiger partial charge on any atom is 0.310 e. The summed E-state index contributed by atoms with van der Waals surface area (Å²) in [6.07, 6.45) is 0.451. The Hall–Kier alpha value is -3.46. The molecule has 0 unspecified atom stereocenters. The van der Waals surface area contributed by atoms with E-state index in [1.54, 1.807) is 40.6 Å². The third-order valence-corrected chi connectivity index (χ3v) is 5.84. The van der Waals surface area contributed by atoms with Gasteiger partial charge < -0.3 is 23.4 Å². The molecule has 0 N–H and O–H groups in total. The minimum absolute atomic E-state index is 0.172. The number of hydrogen-bond donors (Lipinski definition) is 0. The SMILES string of the molecule is COc1ccc(C2=NN(C(=O)c3ccc(Br)o3)[C@@H](c3cccc(OC)c3OC)C2)cc1OC. The largest absolute Gasteiger partial charge is 0.493 e. The molecule has 8 nitrogen and oxygen atoms in total. The number of hydrazone groups is 1. The van der Waals surface area contributed by atoms with Gasteiger partial charge in [-0.05, 0) is 52.3 Å². The van der Waals surface area contributed by atoms with Crippen LogP contribution in [0.5, 0.6) is 23.0 Å². The van der Waals surface area contributed by atoms with Gasteiger partial charge >= 0.3 is 5.91 Å². The average molecular weight is 515 g/mol. The molecule has 0 spiro atoms. The molecule has 1 aromatic heterocycles. The highest BCUT2D eigenvalue weighted by Crippen LogP contribution is 2.43. The molecule has 2 heterocycles. The smallest absolute Gasteiger partial charge is 0.310 e. The number of benzene rings is 2. The molecule has 0 saturated carbocycles. The minimum Gasteiger partial charge on any atom is -0.493 e. The summed E-state index contributed by atoms with van der Waals surface area (Å²) in [5.41, 5.74) is 2.30. The Kier molecular flexibility index (Phi) is 6.60. The molecule has 0 radical (unpaired) electrons. The van der Waals surface area contributed by atoms with E-state index in [1.807, 2.05) is 36.4 Å². The van der Waals surface area contributed by atoms with Crippen molar-refractivity contribution in [3.8, 4) is 23.0 Å². The van der Waals surface area contributed by atoms with Crippen molar-refractivity contribution in [1.29, 1.82) is 0 Å². The summed E-state index contributed by atoms with van der Waals surface area (Å²) in [5, 5.41) is 6.12. The van der Waals surface area contributed by atoms with Crippen LogP contribution in [0.1, 0.15) is 34.1 Å². The van der Waals surface area contributed by atoms with Crippen LogP contribution in [-0.4, -0.2) is 45.1 Å². The summed E-state index contributed by atoms with van der Waals surface area (Å²) in [6.45, 7) is 0. The van der Waals surface area contributed by atoms with E-state index < -0.39 is 6.04 Å². The molecule has 1 aliphatic heterocycles. The summed E-state index contributed by atoms with van der Waals surface area (Å²) >= 11 is 3.25. The quantitative estimate of drug-likeness (QED) is 0.437. The summed E-state index contributed by atoms with van der Waals surface area (Å²) < 4.78 is 27.9. The minimum atomic E-state index is -0.436. The topological polar surface area (TPSA) is 82.7 Å². The fraction of sp³-hybridized carbons (Fsp3) is 0.250. The number of carbonyl (C=O) groups excluding carboxylic acids is 1. The Morgan fingerprint density at radius 1 is 0.970 bits per heavy atom. The Bertz CT molecular complexity index is 1210. The van der Waals surface area contributed by atoms with E-state index in [-0.39, 0.29) is 11.7 Å². The lowest BCUT2D eigenvalue weighted by Crippen LogP contribution is -2.27. The van der Waals surface area contributed by atoms with Crippen LogP contribution in [0.2, 0.25) is 0 Å². The van der Waals surface area contributed by atoms with Crippen LogP contribution in [0, 0.1) is 0 Å². The Morgan fingerprint density at radius 2 is 1.73 bits per heavy atom. The van der Waals surface area contributed by atoms with Gasteiger partial charge in [-0.3, -0.25) is 4.79 Å². The van der Waals surface area contributed by atoms with Crippen molar-refractivity contribution >= 4 is 27.5 Å². The van der Waals surface area contributed by atoms with E-state index in [1.165, 1.54) is 5.01 Å². The lowest BCUT2D eigenvalue weighted by Gasteiger charge is -2.23. The highest BCUT2D eigenvalue weighted by atomic mass is 79.9. The zero-order valence-corrected chi connectivity index (χ0v) is 20.2. The second kappa shape index (κ2) is 9.58. The standard InChI is InChI=1S/C24H23BrN2O6/c1-29-18-9-8-14(12-21(18)31-3)16-13-17(15-6-5-7-19(30-2)23(15)32-4)27(26-16)24(28)20-10-11-22(25)33-20/h5-12,17H,13H2,1-4H3/t17-/m1/s1. The van der Waals surface area contributed by atoms with Crippen molar-refractivity contribution in [2.45, 2.75) is 12.5 Å². The lowest BCUT2D eigenvalue weighted by molar-refractivity contribution is 0.0675. The Balaban J connectivity index is 1.80. The molecule has 1 aliphatic rings. The monoisotopic (exact) mass is 514 g/mol. The third kappa shape index (κ3) is 4.28. The van der Waals surface area contributed by atoms with E-state index in [0.29, 0.717) is 39.8 Å². The predicted octanol–water partition coefficient (Wildman–Crippen LogP) is 5.07. The fourth-order valence-corrected chi connectivity index (χ4v) is 4.15. The molecule has 0 saturated heterocycles. The summed E-state index contributed by atoms with van der Waals surface area (Å²) in [7, 11) is 6.30. The van der Waals surface area contributed by atoms with Crippen LogP contribution in [0.25, 0.3) is 0 Å². The van der Waals surface area contributed by atoms with E-state index >= 15 is 0 Å². The van der Waals surface area contributed by atoms with E-state index in [9.17, 15) is 4.79 Å². The number of rotatable bonds is 7. The molecule has 33 heavy (non-hydrogen) atoms. The van der Waals surface area contributed by atoms with Gasteiger partial charge in [0.25, 0.3) is 0 Å². The van der Waals surface area contributed by atoms with Crippen molar-refractivity contribution in [3.63, 3.8) is 0 Å². The zero-order valence-electron chi connectivity index (χ0n) is 18.6. The second-order valence-electron chi connectivity index (χ2n) is 7.17. The lowest BCUT2D eigenvalue weighted by atomic mass is 9.97. The first kappa shape index (κ1) is 22.7. The molecule has 0 fully saturated rings. The van der Waals surface area contributed by atoms with E-state index in [0.717, 1.165) is 11.1 Å². The number of furan rings is 1. The number of halogens is 1. The fourth-order valence-electron chi connectivity index (χ4n) is 3.85. The highest BCUT2D eigenvalue weighted by molar-refractivity contribution is 9.10. The van der Waals surface area contributed by atoms with Gasteiger partial charge in [-0.15, -0.1) is 0 Å².